The molecule has 22 heavy (non-hydrogen) atoms. The van der Waals surface area contributed by atoms with E-state index in [0.717, 1.165) is 5.56 Å². The van der Waals surface area contributed by atoms with Crippen LogP contribution >= 0.6 is 0 Å². The Morgan fingerprint density at radius 3 is 2.64 bits per heavy atom. The third kappa shape index (κ3) is 3.38. The van der Waals surface area contributed by atoms with Crippen LogP contribution in [0.2, 0.25) is 0 Å². The van der Waals surface area contributed by atoms with Gasteiger partial charge in [0.1, 0.15) is 0 Å². The van der Waals surface area contributed by atoms with E-state index >= 15 is 0 Å². The van der Waals surface area contributed by atoms with Gasteiger partial charge in [-0.2, -0.15) is 0 Å². The molecule has 110 valence electrons. The summed E-state index contributed by atoms with van der Waals surface area (Å²) in [6.07, 6.45) is 6.68. The molecule has 1 N–H and O–H groups in total. The van der Waals surface area contributed by atoms with Gasteiger partial charge in [-0.3, -0.25) is 9.78 Å². The Labute approximate surface area is 128 Å². The summed E-state index contributed by atoms with van der Waals surface area (Å²) in [5, 5.41) is 0. The quantitative estimate of drug-likeness (QED) is 0.710. The molecule has 5 heteroatoms. The molecule has 5 nitrogen and oxygen atoms in total. The average Bonchev–Trinajstić information content (AvgIpc) is 3.10. The molecule has 2 heterocycles. The highest BCUT2D eigenvalue weighted by atomic mass is 16.1. The number of nitrogens with one attached hydrogen (secondary N) is 1. The molecule has 0 amide bonds. The number of imidazole rings is 1. The number of pyridine rings is 1. The van der Waals surface area contributed by atoms with Gasteiger partial charge in [0.15, 0.2) is 5.78 Å². The Bertz CT molecular complexity index is 711. The number of hydrogen-bond acceptors (Lipinski definition) is 4. The number of ketones is 1. The van der Waals surface area contributed by atoms with Crippen LogP contribution in [0.5, 0.6) is 0 Å². The monoisotopic (exact) mass is 292 g/mol. The molecule has 0 bridgehead atoms. The number of Topliss-reactive ketones (excluding diaryl/α,β-unsaturated/α-hetero) is 1. The zero-order chi connectivity index (χ0) is 15.2. The summed E-state index contributed by atoms with van der Waals surface area (Å²) in [4.78, 5) is 25.7. The molecule has 0 atom stereocenters. The minimum absolute atomic E-state index is 0.0143. The van der Waals surface area contributed by atoms with Crippen molar-refractivity contribution in [3.05, 3.63) is 78.4 Å². The minimum Gasteiger partial charge on any atom is -0.331 e. The number of nitrogens with zero attached hydrogens (tertiary/aromatic N) is 3. The number of aromatic nitrogens is 3. The van der Waals surface area contributed by atoms with Gasteiger partial charge in [-0.05, 0) is 17.7 Å². The van der Waals surface area contributed by atoms with E-state index in [1.54, 1.807) is 36.9 Å². The second-order valence-electron chi connectivity index (χ2n) is 4.92. The van der Waals surface area contributed by atoms with Gasteiger partial charge in [-0.25, -0.2) is 4.98 Å². The van der Waals surface area contributed by atoms with E-state index in [2.05, 4.69) is 15.0 Å². The maximum absolute atomic E-state index is 12.4. The first-order chi connectivity index (χ1) is 10.8. The smallest absolute Gasteiger partial charge is 0.203 e. The van der Waals surface area contributed by atoms with Crippen molar-refractivity contribution in [1.82, 2.24) is 15.0 Å². The summed E-state index contributed by atoms with van der Waals surface area (Å²) >= 11 is 0. The molecule has 0 unspecified atom stereocenters. The Morgan fingerprint density at radius 2 is 1.95 bits per heavy atom. The summed E-state index contributed by atoms with van der Waals surface area (Å²) in [6, 6.07) is 13.5. The van der Waals surface area contributed by atoms with Crippen LogP contribution in [0.1, 0.15) is 15.9 Å². The number of benzene rings is 1. The Morgan fingerprint density at radius 1 is 1.09 bits per heavy atom. The van der Waals surface area contributed by atoms with E-state index in [-0.39, 0.29) is 12.3 Å². The van der Waals surface area contributed by atoms with Gasteiger partial charge in [0, 0.05) is 36.9 Å². The van der Waals surface area contributed by atoms with E-state index in [1.165, 1.54) is 0 Å². The number of aromatic amines is 1. The molecule has 3 rings (SSSR count). The molecule has 1 aromatic carbocycles. The topological polar surface area (TPSA) is 61.9 Å². The summed E-state index contributed by atoms with van der Waals surface area (Å²) in [6.45, 7) is 0.856. The van der Waals surface area contributed by atoms with Crippen LogP contribution in [-0.4, -0.2) is 27.3 Å². The van der Waals surface area contributed by atoms with Crippen LogP contribution in [0.4, 0.5) is 5.95 Å². The second-order valence-corrected chi connectivity index (χ2v) is 4.92. The molecule has 0 aliphatic carbocycles. The van der Waals surface area contributed by atoms with E-state index < -0.39 is 0 Å². The van der Waals surface area contributed by atoms with Crippen molar-refractivity contribution in [3.63, 3.8) is 0 Å². The van der Waals surface area contributed by atoms with Gasteiger partial charge in [-0.1, -0.05) is 30.3 Å². The number of hydrogen-bond donors (Lipinski definition) is 1. The molecule has 0 fully saturated rings. The standard InChI is InChI=1S/C17H16N4O/c22-16(15-7-4-8-18-11-15)13-21(17-19-9-10-20-17)12-14-5-2-1-3-6-14/h1-11H,12-13H2,(H,19,20). The second kappa shape index (κ2) is 6.67. The van der Waals surface area contributed by atoms with Crippen molar-refractivity contribution in [2.45, 2.75) is 6.54 Å². The van der Waals surface area contributed by atoms with E-state index in [4.69, 9.17) is 0 Å². The first-order valence-corrected chi connectivity index (χ1v) is 7.04. The lowest BCUT2D eigenvalue weighted by Crippen LogP contribution is -2.30. The molecule has 2 aromatic heterocycles. The van der Waals surface area contributed by atoms with E-state index in [9.17, 15) is 4.79 Å². The molecule has 0 aliphatic rings. The predicted octanol–water partition coefficient (Wildman–Crippen LogP) is 2.69. The highest BCUT2D eigenvalue weighted by molar-refractivity contribution is 5.98. The van der Waals surface area contributed by atoms with Crippen molar-refractivity contribution in [2.24, 2.45) is 0 Å². The van der Waals surface area contributed by atoms with Gasteiger partial charge in [0.05, 0.1) is 6.54 Å². The molecule has 3 aromatic rings. The van der Waals surface area contributed by atoms with Crippen molar-refractivity contribution in [1.29, 1.82) is 0 Å². The Hall–Kier alpha value is -2.95. The average molecular weight is 292 g/mol. The van der Waals surface area contributed by atoms with Gasteiger partial charge in [0.2, 0.25) is 5.95 Å². The van der Waals surface area contributed by atoms with Gasteiger partial charge in [-0.15, -0.1) is 0 Å². The third-order valence-electron chi connectivity index (χ3n) is 3.32. The van der Waals surface area contributed by atoms with E-state index in [1.807, 2.05) is 35.2 Å². The molecule has 0 aliphatic heterocycles. The van der Waals surface area contributed by atoms with Crippen molar-refractivity contribution >= 4 is 11.7 Å². The van der Waals surface area contributed by atoms with Crippen LogP contribution in [0.25, 0.3) is 0 Å². The highest BCUT2D eigenvalue weighted by Gasteiger charge is 2.15. The number of anilines is 1. The summed E-state index contributed by atoms with van der Waals surface area (Å²) < 4.78 is 0. The molecular formula is C17H16N4O. The minimum atomic E-state index is 0.0143. The van der Waals surface area contributed by atoms with Crippen LogP contribution in [-0.2, 0) is 6.54 Å². The molecule has 0 saturated heterocycles. The zero-order valence-corrected chi connectivity index (χ0v) is 12.0. The van der Waals surface area contributed by atoms with E-state index in [0.29, 0.717) is 18.1 Å². The summed E-state index contributed by atoms with van der Waals surface area (Å²) in [7, 11) is 0. The largest absolute Gasteiger partial charge is 0.331 e. The number of rotatable bonds is 6. The number of carbonyl (C=O) groups excluding carboxylic acids is 1. The number of carbonyl (C=O) groups is 1. The fourth-order valence-electron chi connectivity index (χ4n) is 2.23. The van der Waals surface area contributed by atoms with Crippen LogP contribution in [0.3, 0.4) is 0 Å². The molecule has 0 radical (unpaired) electrons. The van der Waals surface area contributed by atoms with Gasteiger partial charge >= 0.3 is 0 Å². The van der Waals surface area contributed by atoms with Crippen LogP contribution < -0.4 is 4.90 Å². The Balaban J connectivity index is 1.79. The fourth-order valence-corrected chi connectivity index (χ4v) is 2.23. The highest BCUT2D eigenvalue weighted by Crippen LogP contribution is 2.13. The molecule has 0 spiro atoms. The SMILES string of the molecule is O=C(CN(Cc1ccccc1)c1ncc[nH]1)c1cccnc1. The lowest BCUT2D eigenvalue weighted by atomic mass is 10.1. The third-order valence-corrected chi connectivity index (χ3v) is 3.32. The lowest BCUT2D eigenvalue weighted by Gasteiger charge is -2.21. The maximum atomic E-state index is 12.4. The molecule has 0 saturated carbocycles. The maximum Gasteiger partial charge on any atom is 0.203 e. The fraction of sp³-hybridized carbons (Fsp3) is 0.118. The summed E-state index contributed by atoms with van der Waals surface area (Å²) in [5.74, 6) is 0.696. The summed E-state index contributed by atoms with van der Waals surface area (Å²) in [5.41, 5.74) is 1.73. The van der Waals surface area contributed by atoms with Gasteiger partial charge in [0.25, 0.3) is 0 Å². The van der Waals surface area contributed by atoms with Crippen molar-refractivity contribution in [3.8, 4) is 0 Å². The predicted molar refractivity (Wildman–Crippen MR) is 84.6 cm³/mol. The van der Waals surface area contributed by atoms with Crippen molar-refractivity contribution < 1.29 is 4.79 Å². The Kier molecular flexibility index (Phi) is 4.25. The molecular weight excluding hydrogens is 276 g/mol. The van der Waals surface area contributed by atoms with Crippen molar-refractivity contribution in [2.75, 3.05) is 11.4 Å². The first kappa shape index (κ1) is 14.0. The lowest BCUT2D eigenvalue weighted by molar-refractivity contribution is 0.0998. The number of H-pyrrole nitrogens is 1. The first-order valence-electron chi connectivity index (χ1n) is 7.04. The van der Waals surface area contributed by atoms with Crippen LogP contribution in [0, 0.1) is 0 Å². The normalized spacial score (nSPS) is 10.4. The van der Waals surface area contributed by atoms with Gasteiger partial charge < -0.3 is 9.88 Å². The van der Waals surface area contributed by atoms with Crippen LogP contribution in [0.15, 0.2) is 67.3 Å². The zero-order valence-electron chi connectivity index (χ0n) is 12.0.